The maximum atomic E-state index is 12.4. The first-order chi connectivity index (χ1) is 12.5. The summed E-state index contributed by atoms with van der Waals surface area (Å²) in [7, 11) is 0. The van der Waals surface area contributed by atoms with Gasteiger partial charge in [0.15, 0.2) is 6.61 Å². The maximum absolute atomic E-state index is 12.4. The van der Waals surface area contributed by atoms with Crippen LogP contribution in [0, 0.1) is 0 Å². The van der Waals surface area contributed by atoms with Gasteiger partial charge in [0.2, 0.25) is 5.91 Å². The summed E-state index contributed by atoms with van der Waals surface area (Å²) < 4.78 is 5.36. The second kappa shape index (κ2) is 9.83. The molecule has 0 bridgehead atoms. The van der Waals surface area contributed by atoms with Gasteiger partial charge in [0.05, 0.1) is 5.02 Å². The van der Waals surface area contributed by atoms with Crippen LogP contribution in [0.2, 0.25) is 10.0 Å². The highest BCUT2D eigenvalue weighted by atomic mass is 35.5. The van der Waals surface area contributed by atoms with E-state index in [1.54, 1.807) is 18.2 Å². The standard InChI is InChI=1S/C19H25Cl2N3O3.ClH/c1-18(2)10-13(19(3,4)24-18)17(26)23-8-7-22-16(25)11-27-15-6-5-12(20)9-14(15)21;/h5-6,9-10,24H,7-8,11H2,1-4H3,(H,22,25)(H,23,26);1H. The SMILES string of the molecule is CC1(C)C=C(C(=O)NCCNC(=O)COc2ccc(Cl)cc2Cl)C(C)(C)N1.Cl. The van der Waals surface area contributed by atoms with Crippen LogP contribution in [0.4, 0.5) is 0 Å². The Morgan fingerprint density at radius 1 is 1.11 bits per heavy atom. The molecule has 0 aromatic heterocycles. The van der Waals surface area contributed by atoms with Crippen LogP contribution in [0.1, 0.15) is 27.7 Å². The molecule has 3 N–H and O–H groups in total. The van der Waals surface area contributed by atoms with Crippen LogP contribution in [0.5, 0.6) is 5.75 Å². The first-order valence-electron chi connectivity index (χ1n) is 8.66. The van der Waals surface area contributed by atoms with Gasteiger partial charge >= 0.3 is 0 Å². The van der Waals surface area contributed by atoms with Crippen molar-refractivity contribution in [1.82, 2.24) is 16.0 Å². The first kappa shape index (κ1) is 24.6. The smallest absolute Gasteiger partial charge is 0.258 e. The number of hydrogen-bond acceptors (Lipinski definition) is 4. The number of carbonyl (C=O) groups is 2. The Hall–Kier alpha value is -1.47. The Balaban J connectivity index is 0.00000392. The van der Waals surface area contributed by atoms with E-state index in [-0.39, 0.29) is 36.4 Å². The second-order valence-corrected chi connectivity index (χ2v) is 8.34. The Bertz CT molecular complexity index is 764. The van der Waals surface area contributed by atoms with Crippen LogP contribution in [0.15, 0.2) is 29.8 Å². The number of benzene rings is 1. The largest absolute Gasteiger partial charge is 0.482 e. The minimum absolute atomic E-state index is 0. The van der Waals surface area contributed by atoms with E-state index < -0.39 is 5.54 Å². The molecule has 1 aliphatic rings. The van der Waals surface area contributed by atoms with Crippen molar-refractivity contribution in [1.29, 1.82) is 0 Å². The van der Waals surface area contributed by atoms with Crippen LogP contribution < -0.4 is 20.7 Å². The summed E-state index contributed by atoms with van der Waals surface area (Å²) in [6.45, 7) is 8.41. The fourth-order valence-electron chi connectivity index (χ4n) is 3.06. The van der Waals surface area contributed by atoms with Gasteiger partial charge in [0, 0.05) is 34.8 Å². The highest BCUT2D eigenvalue weighted by Gasteiger charge is 2.39. The summed E-state index contributed by atoms with van der Waals surface area (Å²) in [5, 5.41) is 9.73. The van der Waals surface area contributed by atoms with Gasteiger partial charge in [-0.15, -0.1) is 12.4 Å². The summed E-state index contributed by atoms with van der Waals surface area (Å²) >= 11 is 11.8. The molecule has 1 heterocycles. The molecule has 0 aliphatic carbocycles. The molecule has 6 nitrogen and oxygen atoms in total. The second-order valence-electron chi connectivity index (χ2n) is 7.50. The fraction of sp³-hybridized carbons (Fsp3) is 0.474. The van der Waals surface area contributed by atoms with E-state index in [0.717, 1.165) is 0 Å². The lowest BCUT2D eigenvalue weighted by Gasteiger charge is -2.27. The predicted molar refractivity (Wildman–Crippen MR) is 115 cm³/mol. The Kier molecular flexibility index (Phi) is 8.63. The third-order valence-corrected chi connectivity index (χ3v) is 4.57. The molecule has 0 radical (unpaired) electrons. The molecule has 1 aromatic rings. The third-order valence-electron chi connectivity index (χ3n) is 4.04. The number of ether oxygens (including phenoxy) is 1. The minimum Gasteiger partial charge on any atom is -0.482 e. The van der Waals surface area contributed by atoms with E-state index in [1.807, 2.05) is 33.8 Å². The lowest BCUT2D eigenvalue weighted by molar-refractivity contribution is -0.123. The summed E-state index contributed by atoms with van der Waals surface area (Å²) in [4.78, 5) is 24.2. The van der Waals surface area contributed by atoms with Gasteiger partial charge in [-0.2, -0.15) is 0 Å². The van der Waals surface area contributed by atoms with E-state index in [4.69, 9.17) is 27.9 Å². The zero-order chi connectivity index (χ0) is 20.2. The van der Waals surface area contributed by atoms with Crippen molar-refractivity contribution in [3.63, 3.8) is 0 Å². The Labute approximate surface area is 181 Å². The molecule has 28 heavy (non-hydrogen) atoms. The van der Waals surface area contributed by atoms with Crippen LogP contribution in [-0.2, 0) is 9.59 Å². The number of rotatable bonds is 7. The topological polar surface area (TPSA) is 79.5 Å². The number of nitrogens with one attached hydrogen (secondary N) is 3. The van der Waals surface area contributed by atoms with E-state index in [2.05, 4.69) is 16.0 Å². The summed E-state index contributed by atoms with van der Waals surface area (Å²) in [5.41, 5.74) is 0.0623. The van der Waals surface area contributed by atoms with Crippen molar-refractivity contribution in [2.75, 3.05) is 19.7 Å². The number of amides is 2. The molecule has 0 saturated carbocycles. The average molecular weight is 451 g/mol. The molecular weight excluding hydrogens is 425 g/mol. The van der Waals surface area contributed by atoms with Crippen LogP contribution in [-0.4, -0.2) is 42.6 Å². The van der Waals surface area contributed by atoms with Crippen molar-refractivity contribution >= 4 is 47.4 Å². The fourth-order valence-corrected chi connectivity index (χ4v) is 3.52. The number of halogens is 3. The minimum atomic E-state index is -0.400. The van der Waals surface area contributed by atoms with Crippen LogP contribution >= 0.6 is 35.6 Å². The van der Waals surface area contributed by atoms with Gasteiger partial charge in [-0.25, -0.2) is 0 Å². The molecule has 0 saturated heterocycles. The van der Waals surface area contributed by atoms with Crippen molar-refractivity contribution in [3.05, 3.63) is 39.9 Å². The van der Waals surface area contributed by atoms with Gasteiger partial charge in [-0.1, -0.05) is 29.3 Å². The van der Waals surface area contributed by atoms with Gasteiger partial charge in [-0.3, -0.25) is 14.9 Å². The molecule has 0 fully saturated rings. The van der Waals surface area contributed by atoms with Crippen LogP contribution in [0.25, 0.3) is 0 Å². The lowest BCUT2D eigenvalue weighted by atomic mass is 9.96. The van der Waals surface area contributed by atoms with Crippen molar-refractivity contribution in [3.8, 4) is 5.75 Å². The quantitative estimate of drug-likeness (QED) is 0.558. The molecule has 0 unspecified atom stereocenters. The first-order valence-corrected chi connectivity index (χ1v) is 9.41. The predicted octanol–water partition coefficient (Wildman–Crippen LogP) is 3.11. The van der Waals surface area contributed by atoms with Crippen molar-refractivity contribution in [2.24, 2.45) is 0 Å². The molecular formula is C19H26Cl3N3O3. The summed E-state index contributed by atoms with van der Waals surface area (Å²) in [5.74, 6) is -0.0648. The Morgan fingerprint density at radius 2 is 1.75 bits per heavy atom. The Morgan fingerprint density at radius 3 is 2.32 bits per heavy atom. The van der Waals surface area contributed by atoms with E-state index in [1.165, 1.54) is 0 Å². The molecule has 0 spiro atoms. The van der Waals surface area contributed by atoms with E-state index in [0.29, 0.717) is 34.5 Å². The molecule has 2 rings (SSSR count). The zero-order valence-electron chi connectivity index (χ0n) is 16.3. The number of carbonyl (C=O) groups excluding carboxylic acids is 2. The molecule has 2 amide bonds. The van der Waals surface area contributed by atoms with Crippen molar-refractivity contribution in [2.45, 2.75) is 38.8 Å². The van der Waals surface area contributed by atoms with Crippen molar-refractivity contribution < 1.29 is 14.3 Å². The lowest BCUT2D eigenvalue weighted by Crippen LogP contribution is -2.48. The maximum Gasteiger partial charge on any atom is 0.258 e. The van der Waals surface area contributed by atoms with E-state index >= 15 is 0 Å². The highest BCUT2D eigenvalue weighted by Crippen LogP contribution is 2.29. The summed E-state index contributed by atoms with van der Waals surface area (Å²) in [6.07, 6.45) is 1.94. The highest BCUT2D eigenvalue weighted by molar-refractivity contribution is 6.35. The van der Waals surface area contributed by atoms with Crippen LogP contribution in [0.3, 0.4) is 0 Å². The number of hydrogen-bond donors (Lipinski definition) is 3. The summed E-state index contributed by atoms with van der Waals surface area (Å²) in [6, 6.07) is 4.78. The van der Waals surface area contributed by atoms with Gasteiger partial charge in [-0.05, 0) is 45.9 Å². The third kappa shape index (κ3) is 6.85. The van der Waals surface area contributed by atoms with Gasteiger partial charge in [0.25, 0.3) is 5.91 Å². The average Bonchev–Trinajstić information content (AvgIpc) is 2.78. The molecule has 156 valence electrons. The van der Waals surface area contributed by atoms with E-state index in [9.17, 15) is 9.59 Å². The van der Waals surface area contributed by atoms with Gasteiger partial charge < -0.3 is 15.4 Å². The van der Waals surface area contributed by atoms with Gasteiger partial charge in [0.1, 0.15) is 5.75 Å². The molecule has 9 heteroatoms. The molecule has 1 aromatic carbocycles. The molecule has 1 aliphatic heterocycles. The zero-order valence-corrected chi connectivity index (χ0v) is 18.6. The normalized spacial score (nSPS) is 16.6. The molecule has 0 atom stereocenters. The monoisotopic (exact) mass is 449 g/mol.